The third-order valence-electron chi connectivity index (χ3n) is 3.39. The van der Waals surface area contributed by atoms with Crippen LogP contribution in [0.25, 0.3) is 11.6 Å². The average molecular weight is 464 g/mol. The van der Waals surface area contributed by atoms with Gasteiger partial charge in [0.05, 0.1) is 6.26 Å². The lowest BCUT2D eigenvalue weighted by atomic mass is 10.2. The van der Waals surface area contributed by atoms with Crippen LogP contribution < -0.4 is 10.6 Å². The van der Waals surface area contributed by atoms with Crippen molar-refractivity contribution in [2.75, 3.05) is 26.4 Å². The molecule has 0 aromatic carbocycles. The van der Waals surface area contributed by atoms with E-state index >= 15 is 0 Å². The van der Waals surface area contributed by atoms with Gasteiger partial charge in [0.25, 0.3) is 0 Å². The van der Waals surface area contributed by atoms with Crippen molar-refractivity contribution in [3.8, 4) is 11.6 Å². The minimum absolute atomic E-state index is 0. The minimum atomic E-state index is 0. The molecule has 0 spiro atoms. The monoisotopic (exact) mass is 464 g/mol. The van der Waals surface area contributed by atoms with E-state index < -0.39 is 0 Å². The maximum Gasteiger partial charge on any atom is 0.216 e. The maximum absolute atomic E-state index is 5.28. The van der Waals surface area contributed by atoms with E-state index in [1.54, 1.807) is 13.3 Å². The molecule has 9 heteroatoms. The summed E-state index contributed by atoms with van der Waals surface area (Å²) < 4.78 is 5.44. The first kappa shape index (κ1) is 20.8. The summed E-state index contributed by atoms with van der Waals surface area (Å²) in [6.45, 7) is 5.95. The van der Waals surface area contributed by atoms with Gasteiger partial charge >= 0.3 is 0 Å². The Morgan fingerprint density at radius 3 is 2.83 bits per heavy atom. The van der Waals surface area contributed by atoms with E-state index in [-0.39, 0.29) is 28.7 Å². The summed E-state index contributed by atoms with van der Waals surface area (Å²) in [6.07, 6.45) is 4.44. The summed E-state index contributed by atoms with van der Waals surface area (Å²) in [6, 6.07) is 3.66. The molecule has 7 nitrogen and oxygen atoms in total. The number of aromatic nitrogens is 3. The van der Waals surface area contributed by atoms with Crippen LogP contribution in [0.15, 0.2) is 27.8 Å². The largest absolute Gasteiger partial charge is 0.461 e. The van der Waals surface area contributed by atoms with E-state index in [2.05, 4.69) is 50.9 Å². The van der Waals surface area contributed by atoms with E-state index in [0.717, 1.165) is 24.7 Å². The second-order valence-corrected chi connectivity index (χ2v) is 7.16. The molecule has 0 bridgehead atoms. The number of aliphatic imine (C=N–C) groups is 1. The number of hydrogen-bond donors (Lipinski definition) is 3. The fraction of sp³-hybridized carbons (Fsp3) is 0.533. The highest BCUT2D eigenvalue weighted by Gasteiger charge is 2.16. The van der Waals surface area contributed by atoms with Crippen LogP contribution in [0, 0.1) is 0 Å². The van der Waals surface area contributed by atoms with Gasteiger partial charge in [-0.3, -0.25) is 10.1 Å². The Hall–Kier alpha value is -1.23. The van der Waals surface area contributed by atoms with E-state index in [0.29, 0.717) is 18.1 Å². The first-order valence-electron chi connectivity index (χ1n) is 7.49. The predicted molar refractivity (Wildman–Crippen MR) is 110 cm³/mol. The van der Waals surface area contributed by atoms with Crippen molar-refractivity contribution in [1.29, 1.82) is 0 Å². The fourth-order valence-corrected chi connectivity index (χ4v) is 2.03. The molecule has 2 aromatic heterocycles. The molecule has 2 heterocycles. The van der Waals surface area contributed by atoms with E-state index in [9.17, 15) is 0 Å². The molecule has 0 saturated heterocycles. The van der Waals surface area contributed by atoms with Crippen molar-refractivity contribution in [2.24, 2.45) is 4.99 Å². The van der Waals surface area contributed by atoms with Crippen molar-refractivity contribution < 1.29 is 4.42 Å². The van der Waals surface area contributed by atoms with Crippen molar-refractivity contribution in [3.63, 3.8) is 0 Å². The Kier molecular flexibility index (Phi) is 8.60. The van der Waals surface area contributed by atoms with Crippen LogP contribution >= 0.6 is 35.7 Å². The summed E-state index contributed by atoms with van der Waals surface area (Å²) in [7, 11) is 1.77. The van der Waals surface area contributed by atoms with Gasteiger partial charge < -0.3 is 15.1 Å². The third-order valence-corrected chi connectivity index (χ3v) is 4.63. The molecule has 2 rings (SSSR count). The lowest BCUT2D eigenvalue weighted by molar-refractivity contribution is 0.577. The van der Waals surface area contributed by atoms with Crippen LogP contribution in [0.4, 0.5) is 0 Å². The van der Waals surface area contributed by atoms with Crippen LogP contribution in [0.5, 0.6) is 0 Å². The summed E-state index contributed by atoms with van der Waals surface area (Å²) >= 11 is 1.82. The molecule has 0 radical (unpaired) electrons. The van der Waals surface area contributed by atoms with Gasteiger partial charge in [-0.2, -0.15) is 16.9 Å². The first-order valence-corrected chi connectivity index (χ1v) is 8.71. The lowest BCUT2D eigenvalue weighted by Gasteiger charge is -2.23. The number of guanidine groups is 1. The highest BCUT2D eigenvalue weighted by molar-refractivity contribution is 14.0. The zero-order valence-electron chi connectivity index (χ0n) is 14.4. The molecule has 0 aliphatic heterocycles. The smallest absolute Gasteiger partial charge is 0.216 e. The Bertz CT molecular complexity index is 626. The Balaban J connectivity index is 0.00000288. The SMILES string of the molecule is CN=C(NCCc1nc(-c2ccco2)n[nH]1)NCC(C)(C)SC.I. The van der Waals surface area contributed by atoms with Gasteiger partial charge in [-0.25, -0.2) is 4.98 Å². The number of nitrogens with zero attached hydrogens (tertiary/aromatic N) is 3. The number of aromatic amines is 1. The number of halogens is 1. The number of H-pyrrole nitrogens is 1. The molecule has 0 aliphatic rings. The van der Waals surface area contributed by atoms with Crippen LogP contribution in [-0.2, 0) is 6.42 Å². The van der Waals surface area contributed by atoms with E-state index in [1.807, 2.05) is 23.9 Å². The summed E-state index contributed by atoms with van der Waals surface area (Å²) in [4.78, 5) is 8.64. The van der Waals surface area contributed by atoms with Crippen molar-refractivity contribution in [3.05, 3.63) is 24.2 Å². The van der Waals surface area contributed by atoms with Crippen molar-refractivity contribution in [1.82, 2.24) is 25.8 Å². The molecule has 0 atom stereocenters. The van der Waals surface area contributed by atoms with Gasteiger partial charge in [-0.1, -0.05) is 0 Å². The first-order chi connectivity index (χ1) is 11.0. The molecule has 0 unspecified atom stereocenters. The molecule has 24 heavy (non-hydrogen) atoms. The van der Waals surface area contributed by atoms with Gasteiger partial charge in [0.15, 0.2) is 11.7 Å². The lowest BCUT2D eigenvalue weighted by Crippen LogP contribution is -2.43. The minimum Gasteiger partial charge on any atom is -0.461 e. The molecule has 0 saturated carbocycles. The topological polar surface area (TPSA) is 91.1 Å². The van der Waals surface area contributed by atoms with Gasteiger partial charge in [-0.05, 0) is 32.2 Å². The number of furan rings is 1. The molecule has 3 N–H and O–H groups in total. The molecule has 0 amide bonds. The normalized spacial score (nSPS) is 11.9. The van der Waals surface area contributed by atoms with Crippen LogP contribution in [0.2, 0.25) is 0 Å². The van der Waals surface area contributed by atoms with Crippen LogP contribution in [-0.4, -0.2) is 52.3 Å². The average Bonchev–Trinajstić information content (AvgIpc) is 3.21. The highest BCUT2D eigenvalue weighted by atomic mass is 127. The summed E-state index contributed by atoms with van der Waals surface area (Å²) in [5.74, 6) is 2.84. The zero-order valence-corrected chi connectivity index (χ0v) is 17.6. The Morgan fingerprint density at radius 1 is 1.42 bits per heavy atom. The van der Waals surface area contributed by atoms with Crippen molar-refractivity contribution >= 4 is 41.7 Å². The van der Waals surface area contributed by atoms with E-state index in [1.165, 1.54) is 0 Å². The molecular formula is C15H25IN6OS. The van der Waals surface area contributed by atoms with Crippen molar-refractivity contribution in [2.45, 2.75) is 25.0 Å². The molecule has 2 aromatic rings. The second kappa shape index (κ2) is 9.92. The van der Waals surface area contributed by atoms with E-state index in [4.69, 9.17) is 4.42 Å². The third kappa shape index (κ3) is 6.34. The van der Waals surface area contributed by atoms with Crippen LogP contribution in [0.1, 0.15) is 19.7 Å². The number of rotatable bonds is 7. The summed E-state index contributed by atoms with van der Waals surface area (Å²) in [5.41, 5.74) is 0. The number of hydrogen-bond acceptors (Lipinski definition) is 5. The van der Waals surface area contributed by atoms with Gasteiger partial charge in [0.1, 0.15) is 5.82 Å². The number of thioether (sulfide) groups is 1. The zero-order chi connectivity index (χ0) is 16.7. The second-order valence-electron chi connectivity index (χ2n) is 5.65. The van der Waals surface area contributed by atoms with Gasteiger partial charge in [0, 0.05) is 31.3 Å². The molecule has 0 aliphatic carbocycles. The fourth-order valence-electron chi connectivity index (χ4n) is 1.81. The predicted octanol–water partition coefficient (Wildman–Crippen LogP) is 2.53. The quantitative estimate of drug-likeness (QED) is 0.332. The highest BCUT2D eigenvalue weighted by Crippen LogP contribution is 2.19. The van der Waals surface area contributed by atoms with Gasteiger partial charge in [0.2, 0.25) is 5.82 Å². The standard InChI is InChI=1S/C15H24N6OS.HI/c1-15(2,23-4)10-18-14(16-3)17-8-7-12-19-13(21-20-12)11-6-5-9-22-11;/h5-6,9H,7-8,10H2,1-4H3,(H2,16,17,18)(H,19,20,21);1H. The number of nitrogens with one attached hydrogen (secondary N) is 3. The van der Waals surface area contributed by atoms with Gasteiger partial charge in [-0.15, -0.1) is 24.0 Å². The molecular weight excluding hydrogens is 439 g/mol. The Labute approximate surface area is 163 Å². The maximum atomic E-state index is 5.28. The Morgan fingerprint density at radius 2 is 2.21 bits per heavy atom. The van der Waals surface area contributed by atoms with Crippen LogP contribution in [0.3, 0.4) is 0 Å². The summed E-state index contributed by atoms with van der Waals surface area (Å²) in [5, 5.41) is 13.7. The molecule has 134 valence electrons. The molecule has 0 fully saturated rings.